The van der Waals surface area contributed by atoms with Gasteiger partial charge in [0.05, 0.1) is 66.2 Å². The fraction of sp³-hybridized carbons (Fsp3) is 0.905. The Labute approximate surface area is 736 Å². The number of ether oxygens (including phenoxy) is 6. The van der Waals surface area contributed by atoms with E-state index in [9.17, 15) is 104 Å². The normalized spacial score (nSPS) is 21.0. The van der Waals surface area contributed by atoms with Crippen molar-refractivity contribution in [2.24, 2.45) is 58.3 Å². The monoisotopic (exact) mass is 1850 g/mol. The van der Waals surface area contributed by atoms with Gasteiger partial charge in [-0.05, 0) is 153 Å². The zero-order valence-electron chi connectivity index (χ0n) is 70.0. The molecule has 0 bridgehead atoms. The van der Waals surface area contributed by atoms with E-state index in [1.54, 1.807) is 25.3 Å². The number of methoxy groups -OCH3 is 1. The van der Waals surface area contributed by atoms with Crippen LogP contribution in [-0.2, 0) is 42.8 Å². The molecule has 4 aliphatic carbocycles. The number of nitrogens with one attached hydrogen (secondary N) is 5. The van der Waals surface area contributed by atoms with Crippen LogP contribution < -0.4 is 26.6 Å². The number of rotatable bonds is 25. The number of carbonyl (C=O) groups excluding carboxylic acids is 8. The molecular weight excluding hydrogens is 1680 g/mol. The molecule has 8 unspecified atom stereocenters. The van der Waals surface area contributed by atoms with E-state index in [2.05, 4.69) is 132 Å². The number of amides is 5. The molecule has 8 N–H and O–H groups in total. The third-order valence-corrected chi connectivity index (χ3v) is 16.2. The second-order valence-corrected chi connectivity index (χ2v) is 31.6. The number of alkyl carbamates (subject to hydrolysis) is 5. The minimum absolute atomic E-state index is 0. The van der Waals surface area contributed by atoms with E-state index in [1.807, 2.05) is 13.8 Å². The number of halogens is 15. The van der Waals surface area contributed by atoms with Gasteiger partial charge in [0.15, 0.2) is 0 Å². The van der Waals surface area contributed by atoms with E-state index >= 15 is 0 Å². The Hall–Kier alpha value is -6.72. The van der Waals surface area contributed by atoms with Crippen LogP contribution in [0, 0.1) is 43.3 Å². The summed E-state index contributed by atoms with van der Waals surface area (Å²) in [6.45, 7) is 34.8. The second kappa shape index (κ2) is 84.4. The van der Waals surface area contributed by atoms with Crippen LogP contribution in [0.1, 0.15) is 308 Å². The zero-order valence-corrected chi connectivity index (χ0v) is 70.0. The molecule has 0 aromatic heterocycles. The third kappa shape index (κ3) is 104. The van der Waals surface area contributed by atoms with E-state index in [1.165, 1.54) is 6.92 Å². The van der Waals surface area contributed by atoms with E-state index < -0.39 is 82.9 Å². The van der Waals surface area contributed by atoms with E-state index in [-0.39, 0.29) is 174 Å². The van der Waals surface area contributed by atoms with Crippen LogP contribution >= 0.6 is 0 Å². The highest BCUT2D eigenvalue weighted by molar-refractivity contribution is 5.70. The van der Waals surface area contributed by atoms with Crippen LogP contribution in [0.5, 0.6) is 0 Å². The van der Waals surface area contributed by atoms with E-state index in [4.69, 9.17) is 43.7 Å². The topological polar surface area (TPSA) is 350 Å². The molecule has 0 aromatic rings. The van der Waals surface area contributed by atoms with Gasteiger partial charge >= 0.3 is 49.5 Å². The molecule has 124 heavy (non-hydrogen) atoms. The molecule has 0 saturated heterocycles. The first-order chi connectivity index (χ1) is 52.4. The summed E-state index contributed by atoms with van der Waals surface area (Å²) >= 11 is 0. The predicted octanol–water partition coefficient (Wildman–Crippen LogP) is 24.2. The lowest BCUT2D eigenvalue weighted by atomic mass is 9.62. The summed E-state index contributed by atoms with van der Waals surface area (Å²) in [5.74, 6) is 0. The number of aliphatic hydroxyl groups is 3. The molecule has 0 aromatic carbocycles. The van der Waals surface area contributed by atoms with Crippen LogP contribution in [0.25, 0.3) is 0 Å². The third-order valence-electron chi connectivity index (χ3n) is 16.2. The smallest absolute Gasteiger partial charge is 0.450 e. The Kier molecular flexibility index (Phi) is 107. The van der Waals surface area contributed by atoms with Gasteiger partial charge in [-0.3, -0.25) is 17.6 Å². The van der Waals surface area contributed by atoms with E-state index in [0.29, 0.717) is 59.4 Å². The zero-order chi connectivity index (χ0) is 90.3. The maximum absolute atomic E-state index is 12.4. The maximum Gasteiger partial charge on any atom is 0.559 e. The average molecular weight is 1850 g/mol. The molecule has 5 amide bonds. The summed E-state index contributed by atoms with van der Waals surface area (Å²) in [6, 6.07) is -0.160. The first kappa shape index (κ1) is 158. The summed E-state index contributed by atoms with van der Waals surface area (Å²) in [5.41, 5.74) is -0.671. The summed E-state index contributed by atoms with van der Waals surface area (Å²) in [4.78, 5) is 103. The number of carbonyl (C=O) groups is 5. The van der Waals surface area contributed by atoms with Crippen LogP contribution in [0.4, 0.5) is 89.8 Å². The Bertz CT molecular complexity index is 2580. The molecule has 0 spiro atoms. The molecule has 0 heterocycles. The van der Waals surface area contributed by atoms with Crippen LogP contribution in [0.15, 0.2) is 15.0 Å². The van der Waals surface area contributed by atoms with E-state index in [0.717, 1.165) is 97.0 Å². The highest BCUT2D eigenvalue weighted by atomic mass is 19.5. The lowest BCUT2D eigenvalue weighted by Gasteiger charge is -2.46. The number of aliphatic hydroxyl groups excluding tert-OH is 2. The largest absolute Gasteiger partial charge is 0.559 e. The fourth-order valence-electron chi connectivity index (χ4n) is 14.2. The minimum atomic E-state index is -5.50. The number of hydrogen-bond donors (Lipinski definition) is 8. The molecule has 8 atom stereocenters. The molecular formula is C84H173F15N8O17. The van der Waals surface area contributed by atoms with Gasteiger partial charge in [-0.15, -0.1) is 35.1 Å². The van der Waals surface area contributed by atoms with Crippen molar-refractivity contribution in [3.8, 4) is 0 Å². The molecule has 0 aliphatic heterocycles. The van der Waals surface area contributed by atoms with Gasteiger partial charge in [0.25, 0.3) is 0 Å². The van der Waals surface area contributed by atoms with Crippen molar-refractivity contribution in [1.29, 1.82) is 0 Å². The fourth-order valence-corrected chi connectivity index (χ4v) is 14.2. The van der Waals surface area contributed by atoms with Gasteiger partial charge in [-0.2, -0.15) is 13.2 Å². The van der Waals surface area contributed by atoms with Gasteiger partial charge in [0, 0.05) is 64.4 Å². The number of alkyl halides is 15. The number of nitrogens with zero attached hydrogens (tertiary/aromatic N) is 3. The molecule has 40 heteroatoms. The Morgan fingerprint density at radius 2 is 0.677 bits per heavy atom. The van der Waals surface area contributed by atoms with Crippen molar-refractivity contribution in [2.75, 3.05) is 107 Å². The van der Waals surface area contributed by atoms with Gasteiger partial charge in [-0.1, -0.05) is 185 Å². The number of hydrogen-bond acceptors (Lipinski definition) is 20. The first-order valence-electron chi connectivity index (χ1n) is 37.1. The lowest BCUT2D eigenvalue weighted by Crippen LogP contribution is -2.50. The number of isocyanates is 3. The van der Waals surface area contributed by atoms with Crippen LogP contribution in [0.2, 0.25) is 0 Å². The molecule has 4 fully saturated rings. The van der Waals surface area contributed by atoms with Crippen LogP contribution in [0.3, 0.4) is 0 Å². The highest BCUT2D eigenvalue weighted by Gasteiger charge is 2.46. The van der Waals surface area contributed by atoms with Crippen molar-refractivity contribution in [1.82, 2.24) is 26.6 Å². The van der Waals surface area contributed by atoms with Gasteiger partial charge < -0.3 is 70.3 Å². The first-order valence-corrected chi connectivity index (χ1v) is 37.1. The average Bonchev–Trinajstić information content (AvgIpc) is 0.818. The highest BCUT2D eigenvalue weighted by Crippen LogP contribution is 2.50. The summed E-state index contributed by atoms with van der Waals surface area (Å²) in [6.07, 6.45) is -0.592. The quantitative estimate of drug-likeness (QED) is 0.0105. The molecule has 25 nitrogen and oxygen atoms in total. The summed E-state index contributed by atoms with van der Waals surface area (Å²) < 4.78 is 183. The Balaban J connectivity index is -0.0000000794. The molecule has 756 valence electrons. The standard InChI is InChI=1S/C31H56N4O8.C15H25FN2O3.C12H18N2O2.C4H10O.C3H5F3.C3H7FO.C2H5F.2CF4.CH3F.CH4O2.10CH4/c1-9-11-40-26(38)34-22-13-28(3,4)17-30(7,15-22)19-32-24(36)42-21-43-25(37)33-20-31(8)16-23(14-29(5,6)18-31)35-27(39)41-12-10-2;1-14(2)7-12(18-13(20)21-6-4-5-16)8-15(3,9-14)10-17-11-19;1-11(2)4-10(14-9-16)5-12(3,6-11)7-13-8-15;1-3-4-5-2;1-2-3(4,5)6;4-2-1-3-5;1-2-3;2*2-1(3,4)5;1-2;2-1-3;;;;;;;;;;/h22-23H,9-21H2,1-8H3,(H,32,36)(H,33,37)(H,34,38)(H,35,39);12H,4-10H2,1-3H3,(H,18,20);10H,4-7H2,1-3H3;3-4H2,1-2H3;2H2,1H3;5H,1-3H2;2H2,1H3;;;1H3;2-3H,1H2;10*1H4. The molecule has 4 saturated carbocycles. The van der Waals surface area contributed by atoms with Gasteiger partial charge in [0.2, 0.25) is 25.0 Å². The SMILES string of the molecule is C.C.C.C.C.C.C.C.C.C.CC1(C)CC(N=C=O)CC(C)(CN=C=O)C1.CC1(C)CC(NC(=O)OCCCF)CC(C)(CN=C=O)C1.CCC(F)(F)F.CCCOC.CCCOC(=O)NC1CC(C)(C)CC(C)(CNC(=O)OCOC(=O)NCC2(C)CC(NC(=O)OCCC)CC(C)(C)C2)C1.CCF.CF.FC(F)(F)F.FC(F)(F)F.OCCCF.OCO. The molecule has 0 radical (unpaired) electrons. The van der Waals surface area contributed by atoms with Crippen molar-refractivity contribution in [2.45, 2.75) is 351 Å². The lowest BCUT2D eigenvalue weighted by molar-refractivity contribution is -0.238. The van der Waals surface area contributed by atoms with Crippen molar-refractivity contribution in [3.63, 3.8) is 0 Å². The predicted molar refractivity (Wildman–Crippen MR) is 466 cm³/mol. The number of aliphatic imine (C=N–C) groups is 3. The summed E-state index contributed by atoms with van der Waals surface area (Å²) in [5, 5.41) is 36.4. The van der Waals surface area contributed by atoms with Crippen molar-refractivity contribution >= 4 is 48.7 Å². The Morgan fingerprint density at radius 3 is 0.911 bits per heavy atom. The maximum atomic E-state index is 12.4. The summed E-state index contributed by atoms with van der Waals surface area (Å²) in [7, 11) is 2.21. The van der Waals surface area contributed by atoms with Crippen molar-refractivity contribution < 1.29 is 148 Å². The van der Waals surface area contributed by atoms with Crippen molar-refractivity contribution in [3.05, 3.63) is 0 Å². The van der Waals surface area contributed by atoms with Gasteiger partial charge in [0.1, 0.15) is 6.79 Å². The van der Waals surface area contributed by atoms with Gasteiger partial charge in [-0.25, -0.2) is 53.3 Å². The Morgan fingerprint density at radius 1 is 0.411 bits per heavy atom. The second-order valence-electron chi connectivity index (χ2n) is 31.6. The van der Waals surface area contributed by atoms with Crippen LogP contribution in [-0.4, -0.2) is 214 Å². The molecule has 4 rings (SSSR count). The molecule has 4 aliphatic rings. The minimum Gasteiger partial charge on any atom is -0.450 e.